The van der Waals surface area contributed by atoms with Gasteiger partial charge >= 0.3 is 0 Å². The number of nitrogens with zero attached hydrogens (tertiary/aromatic N) is 2. The van der Waals surface area contributed by atoms with Gasteiger partial charge in [0, 0.05) is 56.2 Å². The van der Waals surface area contributed by atoms with Gasteiger partial charge in [0.2, 0.25) is 0 Å². The molecule has 4 rings (SSSR count). The Balaban J connectivity index is 1.38. The standard InChI is InChI=1S/C19H26N4S/c24-19(23-12-10-22(11-13-23)16-7-8-16)21-14-15-4-3-9-20-18-6-2-1-5-17(15)18/h1-2,5-6,14,16,20H,3-4,7-13H2,(H,21,24)/b15-14-. The van der Waals surface area contributed by atoms with E-state index in [0.717, 1.165) is 56.7 Å². The Labute approximate surface area is 149 Å². The van der Waals surface area contributed by atoms with E-state index < -0.39 is 0 Å². The first-order valence-electron chi connectivity index (χ1n) is 9.13. The van der Waals surface area contributed by atoms with E-state index in [0.29, 0.717) is 0 Å². The van der Waals surface area contributed by atoms with E-state index in [9.17, 15) is 0 Å². The highest BCUT2D eigenvalue weighted by Gasteiger charge is 2.31. The number of hydrogen-bond donors (Lipinski definition) is 2. The molecule has 2 N–H and O–H groups in total. The first-order valence-corrected chi connectivity index (χ1v) is 9.54. The van der Waals surface area contributed by atoms with E-state index in [-0.39, 0.29) is 0 Å². The molecule has 3 aliphatic rings. The van der Waals surface area contributed by atoms with Gasteiger partial charge in [-0.25, -0.2) is 0 Å². The molecule has 2 aliphatic heterocycles. The molecule has 128 valence electrons. The largest absolute Gasteiger partial charge is 0.385 e. The van der Waals surface area contributed by atoms with Crippen molar-refractivity contribution in [3.63, 3.8) is 0 Å². The average Bonchev–Trinajstić information content (AvgIpc) is 3.47. The van der Waals surface area contributed by atoms with E-state index in [1.165, 1.54) is 29.7 Å². The zero-order valence-electron chi connectivity index (χ0n) is 14.1. The van der Waals surface area contributed by atoms with E-state index >= 15 is 0 Å². The molecule has 0 bridgehead atoms. The Bertz CT molecular complexity index is 630. The van der Waals surface area contributed by atoms with E-state index in [1.807, 2.05) is 0 Å². The van der Waals surface area contributed by atoms with Crippen LogP contribution < -0.4 is 10.6 Å². The van der Waals surface area contributed by atoms with Crippen LogP contribution >= 0.6 is 12.2 Å². The van der Waals surface area contributed by atoms with Gasteiger partial charge in [0.25, 0.3) is 0 Å². The molecule has 2 fully saturated rings. The number of anilines is 1. The van der Waals surface area contributed by atoms with Gasteiger partial charge in [0.15, 0.2) is 5.11 Å². The number of piperazine rings is 1. The van der Waals surface area contributed by atoms with Gasteiger partial charge in [-0.15, -0.1) is 0 Å². The Kier molecular flexibility index (Phi) is 4.72. The average molecular weight is 343 g/mol. The fourth-order valence-electron chi connectivity index (χ4n) is 3.67. The number of para-hydroxylation sites is 1. The molecule has 5 heteroatoms. The van der Waals surface area contributed by atoms with Gasteiger partial charge in [-0.05, 0) is 49.5 Å². The molecule has 4 nitrogen and oxygen atoms in total. The summed E-state index contributed by atoms with van der Waals surface area (Å²) in [6.45, 7) is 5.42. The molecule has 0 unspecified atom stereocenters. The summed E-state index contributed by atoms with van der Waals surface area (Å²) in [6, 6.07) is 9.41. The smallest absolute Gasteiger partial charge is 0.173 e. The summed E-state index contributed by atoms with van der Waals surface area (Å²) in [7, 11) is 0. The second kappa shape index (κ2) is 7.11. The van der Waals surface area contributed by atoms with Crippen molar-refractivity contribution in [1.82, 2.24) is 15.1 Å². The molecule has 24 heavy (non-hydrogen) atoms. The fourth-order valence-corrected chi connectivity index (χ4v) is 3.92. The highest BCUT2D eigenvalue weighted by atomic mass is 32.1. The lowest BCUT2D eigenvalue weighted by atomic mass is 10.0. The third-order valence-corrected chi connectivity index (χ3v) is 5.62. The molecule has 0 aromatic heterocycles. The summed E-state index contributed by atoms with van der Waals surface area (Å²) in [5, 5.41) is 7.78. The van der Waals surface area contributed by atoms with Crippen molar-refractivity contribution in [3.8, 4) is 0 Å². The molecule has 0 radical (unpaired) electrons. The molecule has 0 amide bonds. The molecule has 1 saturated carbocycles. The lowest BCUT2D eigenvalue weighted by Gasteiger charge is -2.36. The van der Waals surface area contributed by atoms with Crippen molar-refractivity contribution in [3.05, 3.63) is 36.0 Å². The van der Waals surface area contributed by atoms with Crippen molar-refractivity contribution < 1.29 is 0 Å². The fraction of sp³-hybridized carbons (Fsp3) is 0.526. The SMILES string of the molecule is S=C(N/C=C1/CCCNc2ccccc21)N1CCN(C2CC2)CC1. The summed E-state index contributed by atoms with van der Waals surface area (Å²) >= 11 is 5.63. The summed E-state index contributed by atoms with van der Waals surface area (Å²) in [6.07, 6.45) is 7.13. The third-order valence-electron chi connectivity index (χ3n) is 5.25. The van der Waals surface area contributed by atoms with Crippen molar-refractivity contribution in [2.24, 2.45) is 0 Å². The van der Waals surface area contributed by atoms with Crippen molar-refractivity contribution in [1.29, 1.82) is 0 Å². The molecule has 1 saturated heterocycles. The lowest BCUT2D eigenvalue weighted by Crippen LogP contribution is -2.51. The van der Waals surface area contributed by atoms with Crippen molar-refractivity contribution in [2.75, 3.05) is 38.0 Å². The topological polar surface area (TPSA) is 30.5 Å². The summed E-state index contributed by atoms with van der Waals surface area (Å²) in [5.74, 6) is 0. The van der Waals surface area contributed by atoms with Crippen LogP contribution in [0.3, 0.4) is 0 Å². The number of hydrogen-bond acceptors (Lipinski definition) is 3. The Hall–Kier alpha value is -1.59. The molecule has 1 aromatic carbocycles. The maximum Gasteiger partial charge on any atom is 0.173 e. The first-order chi connectivity index (χ1) is 11.8. The van der Waals surface area contributed by atoms with Crippen molar-refractivity contribution >= 4 is 28.6 Å². The van der Waals surface area contributed by atoms with Gasteiger partial charge in [-0.1, -0.05) is 18.2 Å². The van der Waals surface area contributed by atoms with Gasteiger partial charge < -0.3 is 15.5 Å². The van der Waals surface area contributed by atoms with E-state index in [1.54, 1.807) is 0 Å². The highest BCUT2D eigenvalue weighted by Crippen LogP contribution is 2.30. The number of thiocarbonyl (C=S) groups is 1. The molecule has 1 aromatic rings. The lowest BCUT2D eigenvalue weighted by molar-refractivity contribution is 0.174. The van der Waals surface area contributed by atoms with Crippen LogP contribution in [0, 0.1) is 0 Å². The zero-order chi connectivity index (χ0) is 16.4. The van der Waals surface area contributed by atoms with Crippen LogP contribution in [0.5, 0.6) is 0 Å². The third kappa shape index (κ3) is 3.57. The molecule has 2 heterocycles. The number of fused-ring (bicyclic) bond motifs is 1. The minimum absolute atomic E-state index is 0.866. The zero-order valence-corrected chi connectivity index (χ0v) is 14.9. The van der Waals surface area contributed by atoms with E-state index in [2.05, 4.69) is 50.9 Å². The van der Waals surface area contributed by atoms with Crippen LogP contribution in [0.15, 0.2) is 30.5 Å². The van der Waals surface area contributed by atoms with E-state index in [4.69, 9.17) is 12.2 Å². The summed E-state index contributed by atoms with van der Waals surface area (Å²) < 4.78 is 0. The Morgan fingerprint density at radius 1 is 1.17 bits per heavy atom. The number of allylic oxidation sites excluding steroid dienone is 1. The van der Waals surface area contributed by atoms with Crippen LogP contribution in [0.2, 0.25) is 0 Å². The Morgan fingerprint density at radius 2 is 1.96 bits per heavy atom. The maximum atomic E-state index is 5.63. The maximum absolute atomic E-state index is 5.63. The van der Waals surface area contributed by atoms with Crippen LogP contribution in [0.25, 0.3) is 5.57 Å². The van der Waals surface area contributed by atoms with Crippen LogP contribution in [-0.4, -0.2) is 53.7 Å². The number of benzene rings is 1. The second-order valence-corrected chi connectivity index (χ2v) is 7.34. The quantitative estimate of drug-likeness (QED) is 0.807. The van der Waals surface area contributed by atoms with Crippen molar-refractivity contribution in [2.45, 2.75) is 31.7 Å². The highest BCUT2D eigenvalue weighted by molar-refractivity contribution is 7.80. The predicted octanol–water partition coefficient (Wildman–Crippen LogP) is 2.89. The molecule has 0 spiro atoms. The van der Waals surface area contributed by atoms with Gasteiger partial charge in [0.1, 0.15) is 0 Å². The normalized spacial score (nSPS) is 23.3. The number of rotatable bonds is 2. The number of nitrogens with one attached hydrogen (secondary N) is 2. The molecule has 0 atom stereocenters. The minimum Gasteiger partial charge on any atom is -0.385 e. The first kappa shape index (κ1) is 15.9. The Morgan fingerprint density at radius 3 is 2.75 bits per heavy atom. The van der Waals surface area contributed by atoms with Gasteiger partial charge in [-0.3, -0.25) is 4.90 Å². The van der Waals surface area contributed by atoms with Gasteiger partial charge in [0.05, 0.1) is 0 Å². The summed E-state index contributed by atoms with van der Waals surface area (Å²) in [4.78, 5) is 4.93. The van der Waals surface area contributed by atoms with Crippen LogP contribution in [0.4, 0.5) is 5.69 Å². The van der Waals surface area contributed by atoms with Crippen LogP contribution in [0.1, 0.15) is 31.2 Å². The monoisotopic (exact) mass is 342 g/mol. The summed E-state index contributed by atoms with van der Waals surface area (Å²) in [5.41, 5.74) is 3.87. The minimum atomic E-state index is 0.866. The molecular weight excluding hydrogens is 316 g/mol. The van der Waals surface area contributed by atoms with Gasteiger partial charge in [-0.2, -0.15) is 0 Å². The predicted molar refractivity (Wildman–Crippen MR) is 104 cm³/mol. The van der Waals surface area contributed by atoms with Crippen LogP contribution in [-0.2, 0) is 0 Å². The second-order valence-electron chi connectivity index (χ2n) is 6.95. The molecule has 1 aliphatic carbocycles. The molecular formula is C19H26N4S.